The van der Waals surface area contributed by atoms with E-state index in [2.05, 4.69) is 11.9 Å². The number of hydrogen-bond acceptors (Lipinski definition) is 3. The van der Waals surface area contributed by atoms with Gasteiger partial charge in [-0.2, -0.15) is 4.31 Å². The number of carbonyl (C=O) groups is 1. The van der Waals surface area contributed by atoms with Crippen molar-refractivity contribution in [3.05, 3.63) is 42.2 Å². The molecule has 0 spiro atoms. The molecule has 1 N–H and O–H groups in total. The van der Waals surface area contributed by atoms with Crippen molar-refractivity contribution in [2.75, 3.05) is 13.1 Å². The van der Waals surface area contributed by atoms with Gasteiger partial charge in [-0.15, -0.1) is 0 Å². The molecule has 1 aromatic rings. The summed E-state index contributed by atoms with van der Waals surface area (Å²) in [4.78, 5) is 12.0. The van der Waals surface area contributed by atoms with Gasteiger partial charge in [0.1, 0.15) is 18.0 Å². The highest BCUT2D eigenvalue weighted by molar-refractivity contribution is 7.89. The summed E-state index contributed by atoms with van der Waals surface area (Å²) in [5.41, 5.74) is 0.695. The van der Waals surface area contributed by atoms with Crippen LogP contribution in [0, 0.1) is 5.82 Å². The Balaban J connectivity index is 2.25. The van der Waals surface area contributed by atoms with E-state index in [1.165, 1.54) is 0 Å². The SMILES string of the molecule is C=C(C)CNC(=O)[C@@H]1C[C@@H](F)CN1S(=O)(=O)c1ccc(F)cc1. The summed E-state index contributed by atoms with van der Waals surface area (Å²) in [7, 11) is -4.08. The first-order valence-corrected chi connectivity index (χ1v) is 8.49. The molecule has 1 aliphatic rings. The largest absolute Gasteiger partial charge is 0.351 e. The van der Waals surface area contributed by atoms with Crippen molar-refractivity contribution in [2.24, 2.45) is 0 Å². The number of sulfonamides is 1. The molecule has 1 fully saturated rings. The predicted octanol–water partition coefficient (Wildman–Crippen LogP) is 1.62. The van der Waals surface area contributed by atoms with Gasteiger partial charge in [0.25, 0.3) is 0 Å². The van der Waals surface area contributed by atoms with E-state index >= 15 is 0 Å². The van der Waals surface area contributed by atoms with Gasteiger partial charge in [0, 0.05) is 19.5 Å². The molecule has 1 saturated heterocycles. The van der Waals surface area contributed by atoms with Crippen molar-refractivity contribution >= 4 is 15.9 Å². The molecule has 1 amide bonds. The predicted molar refractivity (Wildman–Crippen MR) is 81.4 cm³/mol. The van der Waals surface area contributed by atoms with Gasteiger partial charge >= 0.3 is 0 Å². The standard InChI is InChI=1S/C15H18F2N2O3S/c1-10(2)8-18-15(20)14-7-12(17)9-19(14)23(21,22)13-5-3-11(16)4-6-13/h3-6,12,14H,1,7-9H2,2H3,(H,18,20)/t12-,14+/m1/s1. The summed E-state index contributed by atoms with van der Waals surface area (Å²) in [5, 5.41) is 2.54. The monoisotopic (exact) mass is 344 g/mol. The van der Waals surface area contributed by atoms with Crippen LogP contribution in [0.15, 0.2) is 41.3 Å². The van der Waals surface area contributed by atoms with Crippen LogP contribution < -0.4 is 5.32 Å². The molecule has 5 nitrogen and oxygen atoms in total. The third-order valence-electron chi connectivity index (χ3n) is 3.49. The second-order valence-electron chi connectivity index (χ2n) is 5.55. The summed E-state index contributed by atoms with van der Waals surface area (Å²) in [5.74, 6) is -1.15. The number of halogens is 2. The molecule has 8 heteroatoms. The molecule has 0 bridgehead atoms. The maximum absolute atomic E-state index is 13.7. The molecule has 2 atom stereocenters. The Hall–Kier alpha value is -1.80. The van der Waals surface area contributed by atoms with Gasteiger partial charge in [-0.25, -0.2) is 17.2 Å². The number of alkyl halides is 1. The van der Waals surface area contributed by atoms with Gasteiger partial charge in [0.05, 0.1) is 4.90 Å². The number of hydrogen-bond donors (Lipinski definition) is 1. The van der Waals surface area contributed by atoms with Crippen LogP contribution in [-0.4, -0.2) is 43.9 Å². The van der Waals surface area contributed by atoms with Crippen LogP contribution in [0.2, 0.25) is 0 Å². The Bertz CT molecular complexity index is 704. The summed E-state index contributed by atoms with van der Waals surface area (Å²) >= 11 is 0. The minimum Gasteiger partial charge on any atom is -0.351 e. The summed E-state index contributed by atoms with van der Waals surface area (Å²) in [6.45, 7) is 5.14. The Morgan fingerprint density at radius 1 is 1.39 bits per heavy atom. The molecule has 1 aromatic carbocycles. The molecule has 2 rings (SSSR count). The zero-order chi connectivity index (χ0) is 17.2. The van der Waals surface area contributed by atoms with Crippen LogP contribution in [0.3, 0.4) is 0 Å². The lowest BCUT2D eigenvalue weighted by Crippen LogP contribution is -2.46. The molecule has 0 unspecified atom stereocenters. The number of nitrogens with zero attached hydrogens (tertiary/aromatic N) is 1. The first kappa shape index (κ1) is 17.6. The molecule has 0 radical (unpaired) electrons. The molecular formula is C15H18F2N2O3S. The third kappa shape index (κ3) is 3.94. The third-order valence-corrected chi connectivity index (χ3v) is 5.38. The zero-order valence-electron chi connectivity index (χ0n) is 12.6. The number of rotatable bonds is 5. The van der Waals surface area contributed by atoms with E-state index in [1.807, 2.05) is 0 Å². The molecule has 23 heavy (non-hydrogen) atoms. The average molecular weight is 344 g/mol. The number of benzene rings is 1. The minimum absolute atomic E-state index is 0.175. The van der Waals surface area contributed by atoms with E-state index in [0.29, 0.717) is 5.57 Å². The van der Waals surface area contributed by atoms with Crippen LogP contribution in [0.25, 0.3) is 0 Å². The molecular weight excluding hydrogens is 326 g/mol. The zero-order valence-corrected chi connectivity index (χ0v) is 13.4. The fourth-order valence-corrected chi connectivity index (χ4v) is 3.98. The summed E-state index contributed by atoms with van der Waals surface area (Å²) in [6, 6.07) is 3.08. The Kier molecular flexibility index (Phi) is 5.16. The number of amides is 1. The van der Waals surface area contributed by atoms with E-state index in [9.17, 15) is 22.0 Å². The van der Waals surface area contributed by atoms with Crippen LogP contribution in [0.5, 0.6) is 0 Å². The van der Waals surface area contributed by atoms with E-state index in [1.54, 1.807) is 6.92 Å². The quantitative estimate of drug-likeness (QED) is 0.826. The Morgan fingerprint density at radius 3 is 2.57 bits per heavy atom. The Morgan fingerprint density at radius 2 is 2.00 bits per heavy atom. The first-order chi connectivity index (χ1) is 10.7. The van der Waals surface area contributed by atoms with Gasteiger partial charge in [-0.1, -0.05) is 12.2 Å². The average Bonchev–Trinajstić information content (AvgIpc) is 2.88. The molecule has 126 valence electrons. The van der Waals surface area contributed by atoms with Crippen molar-refractivity contribution < 1.29 is 22.0 Å². The summed E-state index contributed by atoms with van der Waals surface area (Å²) in [6.07, 6.45) is -1.63. The maximum Gasteiger partial charge on any atom is 0.243 e. The van der Waals surface area contributed by atoms with Crippen molar-refractivity contribution in [3.63, 3.8) is 0 Å². The highest BCUT2D eigenvalue weighted by Crippen LogP contribution is 2.28. The Labute approximate surface area is 134 Å². The van der Waals surface area contributed by atoms with Gasteiger partial charge in [-0.05, 0) is 31.2 Å². The maximum atomic E-state index is 13.7. The van der Waals surface area contributed by atoms with E-state index in [-0.39, 0.29) is 17.9 Å². The van der Waals surface area contributed by atoms with Gasteiger partial charge in [0.15, 0.2) is 0 Å². The van der Waals surface area contributed by atoms with E-state index in [4.69, 9.17) is 0 Å². The number of nitrogens with one attached hydrogen (secondary N) is 1. The van der Waals surface area contributed by atoms with Crippen molar-refractivity contribution in [3.8, 4) is 0 Å². The van der Waals surface area contributed by atoms with E-state index < -0.39 is 40.5 Å². The van der Waals surface area contributed by atoms with Gasteiger partial charge < -0.3 is 5.32 Å². The summed E-state index contributed by atoms with van der Waals surface area (Å²) < 4.78 is 52.7. The molecule has 0 aliphatic carbocycles. The lowest BCUT2D eigenvalue weighted by Gasteiger charge is -2.23. The van der Waals surface area contributed by atoms with Crippen molar-refractivity contribution in [2.45, 2.75) is 30.5 Å². The van der Waals surface area contributed by atoms with Crippen LogP contribution >= 0.6 is 0 Å². The van der Waals surface area contributed by atoms with Gasteiger partial charge in [-0.3, -0.25) is 4.79 Å². The van der Waals surface area contributed by atoms with Crippen molar-refractivity contribution in [1.82, 2.24) is 9.62 Å². The van der Waals surface area contributed by atoms with Crippen LogP contribution in [0.4, 0.5) is 8.78 Å². The number of carbonyl (C=O) groups excluding carboxylic acids is 1. The van der Waals surface area contributed by atoms with Gasteiger partial charge in [0.2, 0.25) is 15.9 Å². The fourth-order valence-electron chi connectivity index (χ4n) is 2.36. The second-order valence-corrected chi connectivity index (χ2v) is 7.44. The normalized spacial score (nSPS) is 22.0. The second kappa shape index (κ2) is 6.76. The molecule has 1 heterocycles. The van der Waals surface area contributed by atoms with Crippen LogP contribution in [0.1, 0.15) is 13.3 Å². The van der Waals surface area contributed by atoms with Crippen LogP contribution in [-0.2, 0) is 14.8 Å². The first-order valence-electron chi connectivity index (χ1n) is 7.05. The lowest BCUT2D eigenvalue weighted by atomic mass is 10.2. The smallest absolute Gasteiger partial charge is 0.243 e. The topological polar surface area (TPSA) is 66.5 Å². The van der Waals surface area contributed by atoms with Crippen molar-refractivity contribution in [1.29, 1.82) is 0 Å². The molecule has 0 saturated carbocycles. The highest BCUT2D eigenvalue weighted by atomic mass is 32.2. The molecule has 0 aromatic heterocycles. The van der Waals surface area contributed by atoms with E-state index in [0.717, 1.165) is 28.6 Å². The highest BCUT2D eigenvalue weighted by Gasteiger charge is 2.44. The fraction of sp³-hybridized carbons (Fsp3) is 0.400. The molecule has 1 aliphatic heterocycles. The lowest BCUT2D eigenvalue weighted by molar-refractivity contribution is -0.124. The minimum atomic E-state index is -4.08.